The van der Waals surface area contributed by atoms with E-state index in [1.165, 1.54) is 11.3 Å². The molecule has 2 aromatic carbocycles. The number of ether oxygens (including phenoxy) is 3. The van der Waals surface area contributed by atoms with Gasteiger partial charge < -0.3 is 18.6 Å². The van der Waals surface area contributed by atoms with Gasteiger partial charge in [-0.15, -0.1) is 0 Å². The molecule has 9 heteroatoms. The minimum atomic E-state index is -0.499. The van der Waals surface area contributed by atoms with Gasteiger partial charge in [0, 0.05) is 35.1 Å². The van der Waals surface area contributed by atoms with E-state index in [-0.39, 0.29) is 16.8 Å². The Hall–Kier alpha value is -4.04. The van der Waals surface area contributed by atoms with Crippen LogP contribution in [-0.4, -0.2) is 42.9 Å². The minimum Gasteiger partial charge on any atom is -0.497 e. The van der Waals surface area contributed by atoms with Crippen LogP contribution < -0.4 is 14.2 Å². The third-order valence-electron chi connectivity index (χ3n) is 5.93. The molecule has 1 atom stereocenters. The summed E-state index contributed by atoms with van der Waals surface area (Å²) in [5, 5.41) is 7.25. The summed E-state index contributed by atoms with van der Waals surface area (Å²) in [5.74, 6) is 1.72. The van der Waals surface area contributed by atoms with Gasteiger partial charge in [-0.3, -0.25) is 4.79 Å². The number of nitrogens with zero attached hydrogens (tertiary/aromatic N) is 3. The van der Waals surface area contributed by atoms with Gasteiger partial charge in [-0.2, -0.15) is 5.10 Å². The number of hydrogen-bond donors (Lipinski definition) is 0. The molecule has 0 unspecified atom stereocenters. The van der Waals surface area contributed by atoms with Crippen molar-refractivity contribution < 1.29 is 23.4 Å². The van der Waals surface area contributed by atoms with E-state index in [1.54, 1.807) is 39.5 Å². The molecule has 0 saturated heterocycles. The molecule has 178 valence electrons. The van der Waals surface area contributed by atoms with Crippen LogP contribution in [0.15, 0.2) is 70.4 Å². The number of fused-ring (bicyclic) bond motifs is 1. The van der Waals surface area contributed by atoms with Crippen LogP contribution in [0.2, 0.25) is 5.15 Å². The standard InChI is InChI=1S/C26H22ClN3O5/c1-32-16-7-6-15-11-19(25(27)28-20(15)12-16)22-14-21(18-9-8-17(33-2)13-24(18)34-3)29-30(22)26(31)23-5-4-10-35-23/h4-13,22H,14H2,1-3H3/t22-/m1/s1. The average Bonchev–Trinajstić information content (AvgIpc) is 3.58. The molecule has 35 heavy (non-hydrogen) atoms. The molecule has 1 aliphatic rings. The number of amides is 1. The number of hydrazone groups is 1. The zero-order chi connectivity index (χ0) is 24.5. The highest BCUT2D eigenvalue weighted by molar-refractivity contribution is 6.30. The zero-order valence-electron chi connectivity index (χ0n) is 19.3. The van der Waals surface area contributed by atoms with Gasteiger partial charge in [0.25, 0.3) is 0 Å². The van der Waals surface area contributed by atoms with E-state index < -0.39 is 6.04 Å². The van der Waals surface area contributed by atoms with Gasteiger partial charge in [0.1, 0.15) is 22.4 Å². The van der Waals surface area contributed by atoms with E-state index in [2.05, 4.69) is 4.98 Å². The minimum absolute atomic E-state index is 0.177. The molecule has 8 nitrogen and oxygen atoms in total. The van der Waals surface area contributed by atoms with Crippen molar-refractivity contribution in [2.45, 2.75) is 12.5 Å². The number of hydrogen-bond acceptors (Lipinski definition) is 7. The molecule has 5 rings (SSSR count). The predicted octanol–water partition coefficient (Wildman–Crippen LogP) is 5.50. The number of halogens is 1. The molecule has 3 heterocycles. The third-order valence-corrected chi connectivity index (χ3v) is 6.24. The van der Waals surface area contributed by atoms with Crippen LogP contribution in [0.4, 0.5) is 0 Å². The van der Waals surface area contributed by atoms with Crippen LogP contribution >= 0.6 is 11.6 Å². The lowest BCUT2D eigenvalue weighted by Crippen LogP contribution is -2.27. The Bertz CT molecular complexity index is 1430. The Morgan fingerprint density at radius 1 is 1.03 bits per heavy atom. The fraction of sp³-hybridized carbons (Fsp3) is 0.192. The number of benzene rings is 2. The molecule has 4 aromatic rings. The molecule has 1 aliphatic heterocycles. The van der Waals surface area contributed by atoms with Crippen LogP contribution in [-0.2, 0) is 0 Å². The van der Waals surface area contributed by atoms with Crippen molar-refractivity contribution in [1.82, 2.24) is 9.99 Å². The summed E-state index contributed by atoms with van der Waals surface area (Å²) in [7, 11) is 4.77. The van der Waals surface area contributed by atoms with E-state index in [0.717, 1.165) is 10.9 Å². The second kappa shape index (κ2) is 9.31. The van der Waals surface area contributed by atoms with Gasteiger partial charge in [0.2, 0.25) is 0 Å². The SMILES string of the molecule is COc1ccc(C2=NN(C(=O)c3ccco3)[C@@H](c3cc4ccc(OC)cc4nc3Cl)C2)c(OC)c1. The summed E-state index contributed by atoms with van der Waals surface area (Å²) < 4.78 is 21.6. The van der Waals surface area contributed by atoms with Crippen molar-refractivity contribution in [3.8, 4) is 17.2 Å². The summed E-state index contributed by atoms with van der Waals surface area (Å²) in [5.41, 5.74) is 2.79. The van der Waals surface area contributed by atoms with E-state index in [0.29, 0.717) is 40.5 Å². The molecular formula is C26H22ClN3O5. The predicted molar refractivity (Wildman–Crippen MR) is 132 cm³/mol. The number of methoxy groups -OCH3 is 3. The molecule has 2 aromatic heterocycles. The normalized spacial score (nSPS) is 15.3. The molecule has 0 aliphatic carbocycles. The molecule has 1 amide bonds. The fourth-order valence-corrected chi connectivity index (χ4v) is 4.42. The van der Waals surface area contributed by atoms with Gasteiger partial charge in [-0.05, 0) is 42.5 Å². The quantitative estimate of drug-likeness (QED) is 0.331. The Morgan fingerprint density at radius 2 is 1.80 bits per heavy atom. The maximum absolute atomic E-state index is 13.4. The molecule has 0 bridgehead atoms. The van der Waals surface area contributed by atoms with Crippen molar-refractivity contribution in [3.63, 3.8) is 0 Å². The first-order chi connectivity index (χ1) is 17.0. The van der Waals surface area contributed by atoms with Crippen molar-refractivity contribution in [1.29, 1.82) is 0 Å². The highest BCUT2D eigenvalue weighted by Crippen LogP contribution is 2.40. The Labute approximate surface area is 206 Å². The lowest BCUT2D eigenvalue weighted by molar-refractivity contribution is 0.0678. The van der Waals surface area contributed by atoms with Crippen LogP contribution in [0.3, 0.4) is 0 Å². The van der Waals surface area contributed by atoms with Gasteiger partial charge in [0.05, 0.1) is 44.9 Å². The Kier molecular flexibility index (Phi) is 6.05. The van der Waals surface area contributed by atoms with Crippen LogP contribution in [0.25, 0.3) is 10.9 Å². The van der Waals surface area contributed by atoms with E-state index in [4.69, 9.17) is 35.3 Å². The summed E-state index contributed by atoms with van der Waals surface area (Å²) in [6.45, 7) is 0. The first-order valence-corrected chi connectivity index (χ1v) is 11.2. The van der Waals surface area contributed by atoms with Gasteiger partial charge in [-0.1, -0.05) is 11.6 Å². The molecule has 0 N–H and O–H groups in total. The highest BCUT2D eigenvalue weighted by Gasteiger charge is 2.37. The zero-order valence-corrected chi connectivity index (χ0v) is 20.1. The lowest BCUT2D eigenvalue weighted by Gasteiger charge is -2.22. The first-order valence-electron chi connectivity index (χ1n) is 10.8. The van der Waals surface area contributed by atoms with Crippen LogP contribution in [0, 0.1) is 0 Å². The molecule has 0 spiro atoms. The average molecular weight is 492 g/mol. The topological polar surface area (TPSA) is 86.4 Å². The van der Waals surface area contributed by atoms with Crippen LogP contribution in [0.5, 0.6) is 17.2 Å². The molecular weight excluding hydrogens is 470 g/mol. The number of rotatable bonds is 6. The Balaban J connectivity index is 1.60. The summed E-state index contributed by atoms with van der Waals surface area (Å²) >= 11 is 6.66. The largest absolute Gasteiger partial charge is 0.497 e. The van der Waals surface area contributed by atoms with Crippen LogP contribution in [0.1, 0.15) is 34.1 Å². The molecule has 0 fully saturated rings. The maximum atomic E-state index is 13.4. The number of pyridine rings is 1. The highest BCUT2D eigenvalue weighted by atomic mass is 35.5. The van der Waals surface area contributed by atoms with Crippen molar-refractivity contribution in [2.75, 3.05) is 21.3 Å². The second-order valence-corrected chi connectivity index (χ2v) is 8.24. The van der Waals surface area contributed by atoms with Crippen molar-refractivity contribution >= 4 is 34.1 Å². The van der Waals surface area contributed by atoms with Gasteiger partial charge in [-0.25, -0.2) is 9.99 Å². The smallest absolute Gasteiger partial charge is 0.310 e. The summed E-state index contributed by atoms with van der Waals surface area (Å²) in [6, 6.07) is 15.7. The van der Waals surface area contributed by atoms with Gasteiger partial charge in [0.15, 0.2) is 5.76 Å². The third kappa shape index (κ3) is 4.17. The monoisotopic (exact) mass is 491 g/mol. The summed E-state index contributed by atoms with van der Waals surface area (Å²) in [4.78, 5) is 17.9. The molecule has 0 saturated carbocycles. The van der Waals surface area contributed by atoms with Crippen molar-refractivity contribution in [3.05, 3.63) is 82.9 Å². The Morgan fingerprint density at radius 3 is 2.51 bits per heavy atom. The number of aromatic nitrogens is 1. The lowest BCUT2D eigenvalue weighted by atomic mass is 9.97. The fourth-order valence-electron chi connectivity index (χ4n) is 4.15. The van der Waals surface area contributed by atoms with E-state index in [9.17, 15) is 4.79 Å². The summed E-state index contributed by atoms with van der Waals surface area (Å²) in [6.07, 6.45) is 1.85. The number of carbonyl (C=O) groups excluding carboxylic acids is 1. The van der Waals surface area contributed by atoms with Crippen molar-refractivity contribution in [2.24, 2.45) is 5.10 Å². The first kappa shape index (κ1) is 22.7. The van der Waals surface area contributed by atoms with E-state index >= 15 is 0 Å². The number of furan rings is 1. The maximum Gasteiger partial charge on any atom is 0.310 e. The van der Waals surface area contributed by atoms with Gasteiger partial charge >= 0.3 is 5.91 Å². The molecule has 0 radical (unpaired) electrons. The van der Waals surface area contributed by atoms with E-state index in [1.807, 2.05) is 36.4 Å². The second-order valence-electron chi connectivity index (χ2n) is 7.89. The number of carbonyl (C=O) groups is 1.